The second-order valence-corrected chi connectivity index (χ2v) is 8.42. The summed E-state index contributed by atoms with van der Waals surface area (Å²) in [6, 6.07) is 14.8. The number of nitrogens with one attached hydrogen (secondary N) is 1. The molecular formula is C24H32N6O. The van der Waals surface area contributed by atoms with Crippen LogP contribution in [0.25, 0.3) is 0 Å². The van der Waals surface area contributed by atoms with Crippen LogP contribution in [-0.4, -0.2) is 55.0 Å². The quantitative estimate of drug-likeness (QED) is 0.573. The number of piperidine rings is 1. The van der Waals surface area contributed by atoms with Crippen LogP contribution < -0.4 is 16.0 Å². The molecule has 7 nitrogen and oxygen atoms in total. The van der Waals surface area contributed by atoms with Crippen molar-refractivity contribution in [2.24, 2.45) is 16.6 Å². The van der Waals surface area contributed by atoms with E-state index < -0.39 is 0 Å². The molecule has 164 valence electrons. The van der Waals surface area contributed by atoms with Gasteiger partial charge >= 0.3 is 0 Å². The number of benzene rings is 1. The monoisotopic (exact) mass is 420 g/mol. The van der Waals surface area contributed by atoms with E-state index in [1.807, 2.05) is 19.3 Å². The molecule has 0 aliphatic carbocycles. The second-order valence-electron chi connectivity index (χ2n) is 8.42. The molecule has 7 heteroatoms. The van der Waals surface area contributed by atoms with Crippen LogP contribution in [0, 0.1) is 5.92 Å². The third-order valence-electron chi connectivity index (χ3n) is 6.40. The predicted molar refractivity (Wildman–Crippen MR) is 124 cm³/mol. The minimum absolute atomic E-state index is 0.108. The number of anilines is 1. The molecule has 2 atom stereocenters. The number of aromatic nitrogens is 1. The number of amides is 1. The number of rotatable bonds is 5. The number of guanidine groups is 1. The van der Waals surface area contributed by atoms with Gasteiger partial charge in [-0.25, -0.2) is 4.98 Å². The highest BCUT2D eigenvalue weighted by molar-refractivity contribution is 5.80. The van der Waals surface area contributed by atoms with Crippen LogP contribution in [0.3, 0.4) is 0 Å². The number of nitrogens with two attached hydrogens (primary N) is 1. The van der Waals surface area contributed by atoms with Crippen LogP contribution in [0.2, 0.25) is 0 Å². The molecule has 2 unspecified atom stereocenters. The van der Waals surface area contributed by atoms with Crippen LogP contribution in [0.15, 0.2) is 53.7 Å². The van der Waals surface area contributed by atoms with Crippen LogP contribution >= 0.6 is 0 Å². The van der Waals surface area contributed by atoms with Crippen molar-refractivity contribution in [3.8, 4) is 0 Å². The molecule has 31 heavy (non-hydrogen) atoms. The SMILES string of the molecule is CN=C(NCc1cccnc1N1CCCC(C(N)=O)C1)N1CCC(c2ccccc2)C1. The van der Waals surface area contributed by atoms with Crippen molar-refractivity contribution < 1.29 is 4.79 Å². The Balaban J connectivity index is 1.40. The van der Waals surface area contributed by atoms with Gasteiger partial charge in [0.1, 0.15) is 5.82 Å². The number of aliphatic imine (C=N–C) groups is 1. The van der Waals surface area contributed by atoms with Gasteiger partial charge in [0.25, 0.3) is 0 Å². The maximum atomic E-state index is 11.7. The molecule has 2 aliphatic rings. The molecule has 1 aromatic carbocycles. The zero-order chi connectivity index (χ0) is 21.6. The third kappa shape index (κ3) is 4.98. The van der Waals surface area contributed by atoms with Crippen LogP contribution in [-0.2, 0) is 11.3 Å². The first-order valence-electron chi connectivity index (χ1n) is 11.1. The minimum atomic E-state index is -0.220. The summed E-state index contributed by atoms with van der Waals surface area (Å²) in [7, 11) is 1.84. The second kappa shape index (κ2) is 9.81. The van der Waals surface area contributed by atoms with Gasteiger partial charge in [-0.1, -0.05) is 36.4 Å². The summed E-state index contributed by atoms with van der Waals surface area (Å²) in [5.41, 5.74) is 8.06. The number of primary amides is 1. The highest BCUT2D eigenvalue weighted by atomic mass is 16.1. The van der Waals surface area contributed by atoms with Gasteiger partial charge in [-0.05, 0) is 30.9 Å². The normalized spacial score (nSPS) is 21.9. The Kier molecular flexibility index (Phi) is 6.70. The van der Waals surface area contributed by atoms with Crippen molar-refractivity contribution in [1.29, 1.82) is 0 Å². The molecule has 4 rings (SSSR count). The van der Waals surface area contributed by atoms with Crippen molar-refractivity contribution in [2.75, 3.05) is 38.1 Å². The Hall–Kier alpha value is -3.09. The first-order valence-corrected chi connectivity index (χ1v) is 11.1. The lowest BCUT2D eigenvalue weighted by Crippen LogP contribution is -2.42. The number of hydrogen-bond donors (Lipinski definition) is 2. The minimum Gasteiger partial charge on any atom is -0.369 e. The standard InChI is InChI=1S/C24H32N6O/c1-26-24(30-14-11-20(16-30)18-7-3-2-4-8-18)28-15-19-9-5-12-27-23(19)29-13-6-10-21(17-29)22(25)31/h2-5,7-9,12,20-21H,6,10-11,13-17H2,1H3,(H2,25,31)(H,26,28). The zero-order valence-electron chi connectivity index (χ0n) is 18.2. The molecule has 3 N–H and O–H groups in total. The topological polar surface area (TPSA) is 86.9 Å². The first kappa shape index (κ1) is 21.2. The summed E-state index contributed by atoms with van der Waals surface area (Å²) in [6.07, 6.45) is 4.75. The van der Waals surface area contributed by atoms with Gasteiger partial charge < -0.3 is 20.9 Å². The molecule has 0 radical (unpaired) electrons. The Morgan fingerprint density at radius 3 is 2.77 bits per heavy atom. The lowest BCUT2D eigenvalue weighted by atomic mass is 9.97. The average Bonchev–Trinajstić information content (AvgIpc) is 3.30. The lowest BCUT2D eigenvalue weighted by molar-refractivity contribution is -0.122. The van der Waals surface area contributed by atoms with E-state index in [2.05, 4.69) is 61.5 Å². The van der Waals surface area contributed by atoms with E-state index in [-0.39, 0.29) is 11.8 Å². The summed E-state index contributed by atoms with van der Waals surface area (Å²) in [5, 5.41) is 3.53. The van der Waals surface area contributed by atoms with E-state index in [4.69, 9.17) is 5.73 Å². The first-order chi connectivity index (χ1) is 15.2. The number of likely N-dealkylation sites (tertiary alicyclic amines) is 1. The molecule has 1 amide bonds. The Bertz CT molecular complexity index is 915. The summed E-state index contributed by atoms with van der Waals surface area (Å²) >= 11 is 0. The van der Waals surface area contributed by atoms with Gasteiger partial charge in [-0.3, -0.25) is 9.79 Å². The number of nitrogens with zero attached hydrogens (tertiary/aromatic N) is 4. The van der Waals surface area contributed by atoms with E-state index >= 15 is 0 Å². The van der Waals surface area contributed by atoms with Crippen molar-refractivity contribution in [2.45, 2.75) is 31.7 Å². The molecule has 3 heterocycles. The smallest absolute Gasteiger partial charge is 0.222 e. The van der Waals surface area contributed by atoms with Crippen molar-refractivity contribution in [3.63, 3.8) is 0 Å². The molecule has 0 spiro atoms. The van der Waals surface area contributed by atoms with Gasteiger partial charge in [-0.2, -0.15) is 0 Å². The maximum absolute atomic E-state index is 11.7. The fourth-order valence-corrected chi connectivity index (χ4v) is 4.71. The van der Waals surface area contributed by atoms with Crippen molar-refractivity contribution in [1.82, 2.24) is 15.2 Å². The summed E-state index contributed by atoms with van der Waals surface area (Å²) in [6.45, 7) is 4.13. The van der Waals surface area contributed by atoms with Crippen LogP contribution in [0.1, 0.15) is 36.3 Å². The molecule has 0 saturated carbocycles. The largest absolute Gasteiger partial charge is 0.369 e. The van der Waals surface area contributed by atoms with E-state index in [1.54, 1.807) is 0 Å². The summed E-state index contributed by atoms with van der Waals surface area (Å²) < 4.78 is 0. The maximum Gasteiger partial charge on any atom is 0.222 e. The van der Waals surface area contributed by atoms with Gasteiger partial charge in [0.05, 0.1) is 5.92 Å². The van der Waals surface area contributed by atoms with Crippen LogP contribution in [0.5, 0.6) is 0 Å². The number of carbonyl (C=O) groups is 1. The predicted octanol–water partition coefficient (Wildman–Crippen LogP) is 2.35. The number of pyridine rings is 1. The fraction of sp³-hybridized carbons (Fsp3) is 0.458. The lowest BCUT2D eigenvalue weighted by Gasteiger charge is -2.33. The highest BCUT2D eigenvalue weighted by Crippen LogP contribution is 2.27. The molecule has 2 aromatic rings. The van der Waals surface area contributed by atoms with Crippen molar-refractivity contribution >= 4 is 17.7 Å². The number of carbonyl (C=O) groups excluding carboxylic acids is 1. The Labute approximate surface area is 184 Å². The van der Waals surface area contributed by atoms with E-state index in [0.717, 1.165) is 56.2 Å². The third-order valence-corrected chi connectivity index (χ3v) is 6.40. The fourth-order valence-electron chi connectivity index (χ4n) is 4.71. The Morgan fingerprint density at radius 1 is 1.16 bits per heavy atom. The Morgan fingerprint density at radius 2 is 2.00 bits per heavy atom. The average molecular weight is 421 g/mol. The van der Waals surface area contributed by atoms with Gasteiger partial charge in [-0.15, -0.1) is 0 Å². The molecule has 0 bridgehead atoms. The molecule has 2 saturated heterocycles. The number of hydrogen-bond acceptors (Lipinski definition) is 4. The van der Waals surface area contributed by atoms with E-state index in [1.165, 1.54) is 5.56 Å². The van der Waals surface area contributed by atoms with Crippen molar-refractivity contribution in [3.05, 3.63) is 59.8 Å². The summed E-state index contributed by atoms with van der Waals surface area (Å²) in [4.78, 5) is 25.4. The van der Waals surface area contributed by atoms with E-state index in [0.29, 0.717) is 19.0 Å². The zero-order valence-corrected chi connectivity index (χ0v) is 18.2. The highest BCUT2D eigenvalue weighted by Gasteiger charge is 2.27. The van der Waals surface area contributed by atoms with Gasteiger partial charge in [0.15, 0.2) is 5.96 Å². The van der Waals surface area contributed by atoms with Crippen LogP contribution in [0.4, 0.5) is 5.82 Å². The van der Waals surface area contributed by atoms with Gasteiger partial charge in [0, 0.05) is 57.4 Å². The summed E-state index contributed by atoms with van der Waals surface area (Å²) in [5.74, 6) is 2.06. The molecule has 1 aromatic heterocycles. The molecule has 2 fully saturated rings. The van der Waals surface area contributed by atoms with Gasteiger partial charge in [0.2, 0.25) is 5.91 Å². The molecular weight excluding hydrogens is 388 g/mol. The van der Waals surface area contributed by atoms with E-state index in [9.17, 15) is 4.79 Å². The molecule has 2 aliphatic heterocycles.